The Labute approximate surface area is 132 Å². The highest BCUT2D eigenvalue weighted by atomic mass is 15.1. The summed E-state index contributed by atoms with van der Waals surface area (Å²) in [6.45, 7) is 4.80. The van der Waals surface area contributed by atoms with Gasteiger partial charge in [-0.15, -0.1) is 0 Å². The fourth-order valence-corrected chi connectivity index (χ4v) is 2.69. The summed E-state index contributed by atoms with van der Waals surface area (Å²) in [6.07, 6.45) is 2.10. The van der Waals surface area contributed by atoms with Crippen LogP contribution in [0.3, 0.4) is 0 Å². The highest BCUT2D eigenvalue weighted by molar-refractivity contribution is 5.95. The van der Waals surface area contributed by atoms with E-state index in [1.807, 2.05) is 13.0 Å². The number of nitrogens with one attached hydrogen (secondary N) is 3. The summed E-state index contributed by atoms with van der Waals surface area (Å²) < 4.78 is 0. The van der Waals surface area contributed by atoms with Gasteiger partial charge < -0.3 is 16.0 Å². The molecule has 114 valence electrons. The molecule has 0 saturated heterocycles. The van der Waals surface area contributed by atoms with E-state index >= 15 is 0 Å². The van der Waals surface area contributed by atoms with Crippen LogP contribution in [0.1, 0.15) is 30.9 Å². The molecule has 0 aliphatic heterocycles. The Hall–Kier alpha value is -2.29. The quantitative estimate of drug-likeness (QED) is 0.682. The number of hydrogen-bond acceptors (Lipinski definition) is 3. The summed E-state index contributed by atoms with van der Waals surface area (Å²) in [7, 11) is 0. The molecule has 2 aromatic carbocycles. The lowest BCUT2D eigenvalue weighted by Gasteiger charge is -2.21. The van der Waals surface area contributed by atoms with Gasteiger partial charge in [0.25, 0.3) is 0 Å². The molecular formula is C19H23N3. The minimum atomic E-state index is -0.114. The second-order valence-corrected chi connectivity index (χ2v) is 6.22. The van der Waals surface area contributed by atoms with Gasteiger partial charge in [-0.1, -0.05) is 36.4 Å². The molecule has 0 atom stereocenters. The number of hydrogen-bond donors (Lipinski definition) is 3. The van der Waals surface area contributed by atoms with Crippen molar-refractivity contribution in [2.45, 2.75) is 38.8 Å². The number of rotatable bonds is 6. The van der Waals surface area contributed by atoms with Crippen molar-refractivity contribution in [3.05, 3.63) is 59.7 Å². The van der Waals surface area contributed by atoms with Crippen molar-refractivity contribution in [1.29, 1.82) is 5.41 Å². The summed E-state index contributed by atoms with van der Waals surface area (Å²) in [5.41, 5.74) is 5.30. The van der Waals surface area contributed by atoms with E-state index in [9.17, 15) is 0 Å². The molecule has 0 amide bonds. The zero-order valence-electron chi connectivity index (χ0n) is 13.2. The Morgan fingerprint density at radius 1 is 1.09 bits per heavy atom. The van der Waals surface area contributed by atoms with Crippen molar-refractivity contribution in [1.82, 2.24) is 0 Å². The maximum atomic E-state index is 7.99. The van der Waals surface area contributed by atoms with Gasteiger partial charge in [0.2, 0.25) is 0 Å². The van der Waals surface area contributed by atoms with E-state index in [2.05, 4.69) is 60.0 Å². The molecule has 0 radical (unpaired) electrons. The minimum absolute atomic E-state index is 0.114. The molecule has 0 bridgehead atoms. The monoisotopic (exact) mass is 293 g/mol. The van der Waals surface area contributed by atoms with Crippen LogP contribution in [0.25, 0.3) is 0 Å². The molecule has 1 aliphatic carbocycles. The number of benzene rings is 2. The molecule has 1 saturated carbocycles. The molecule has 1 aliphatic rings. The van der Waals surface area contributed by atoms with E-state index in [4.69, 9.17) is 5.41 Å². The van der Waals surface area contributed by atoms with Gasteiger partial charge in [0.05, 0.1) is 16.9 Å². The van der Waals surface area contributed by atoms with Crippen LogP contribution in [0.5, 0.6) is 0 Å². The lowest BCUT2D eigenvalue weighted by molar-refractivity contribution is 0.964. The first-order valence-corrected chi connectivity index (χ1v) is 7.81. The van der Waals surface area contributed by atoms with Crippen LogP contribution in [0, 0.1) is 12.3 Å². The molecule has 0 aromatic heterocycles. The molecular weight excluding hydrogens is 270 g/mol. The Balaban J connectivity index is 1.77. The maximum absolute atomic E-state index is 7.99. The molecule has 0 unspecified atom stereocenters. The van der Waals surface area contributed by atoms with Crippen molar-refractivity contribution in [2.24, 2.45) is 0 Å². The van der Waals surface area contributed by atoms with Crippen LogP contribution < -0.4 is 10.6 Å². The zero-order valence-corrected chi connectivity index (χ0v) is 13.2. The van der Waals surface area contributed by atoms with Crippen molar-refractivity contribution in [3.63, 3.8) is 0 Å². The highest BCUT2D eigenvalue weighted by Gasteiger charge is 2.45. The topological polar surface area (TPSA) is 47.9 Å². The molecule has 3 nitrogen and oxygen atoms in total. The highest BCUT2D eigenvalue weighted by Crippen LogP contribution is 2.41. The summed E-state index contributed by atoms with van der Waals surface area (Å²) in [5, 5.41) is 15.1. The largest absolute Gasteiger partial charge is 0.379 e. The Morgan fingerprint density at radius 3 is 2.45 bits per heavy atom. The molecule has 0 heterocycles. The summed E-state index contributed by atoms with van der Waals surface area (Å²) in [5.74, 6) is 0. The van der Waals surface area contributed by atoms with E-state index in [-0.39, 0.29) is 5.54 Å². The second-order valence-electron chi connectivity index (χ2n) is 6.22. The van der Waals surface area contributed by atoms with Gasteiger partial charge >= 0.3 is 0 Å². The molecule has 1 fully saturated rings. The van der Waals surface area contributed by atoms with Gasteiger partial charge in [-0.2, -0.15) is 0 Å². The lowest BCUT2D eigenvalue weighted by Crippen LogP contribution is -2.29. The van der Waals surface area contributed by atoms with Gasteiger partial charge in [0.1, 0.15) is 0 Å². The van der Waals surface area contributed by atoms with Gasteiger partial charge in [-0.3, -0.25) is 0 Å². The normalized spacial score (nSPS) is 15.2. The van der Waals surface area contributed by atoms with Crippen LogP contribution in [-0.4, -0.2) is 11.3 Å². The van der Waals surface area contributed by atoms with Crippen molar-refractivity contribution >= 4 is 17.1 Å². The Morgan fingerprint density at radius 2 is 1.82 bits per heavy atom. The smallest absolute Gasteiger partial charge is 0.0749 e. The summed E-state index contributed by atoms with van der Waals surface area (Å²) in [4.78, 5) is 0. The lowest BCUT2D eigenvalue weighted by atomic mass is 10.1. The molecule has 22 heavy (non-hydrogen) atoms. The van der Waals surface area contributed by atoms with Crippen LogP contribution in [-0.2, 0) is 6.54 Å². The molecule has 3 rings (SSSR count). The molecule has 2 aromatic rings. The van der Waals surface area contributed by atoms with E-state index in [1.54, 1.807) is 0 Å². The van der Waals surface area contributed by atoms with Crippen molar-refractivity contribution in [3.8, 4) is 0 Å². The van der Waals surface area contributed by atoms with Gasteiger partial charge in [-0.25, -0.2) is 0 Å². The molecule has 3 N–H and O–H groups in total. The van der Waals surface area contributed by atoms with Gasteiger partial charge in [0, 0.05) is 12.3 Å². The van der Waals surface area contributed by atoms with Crippen LogP contribution in [0.4, 0.5) is 11.4 Å². The van der Waals surface area contributed by atoms with E-state index in [0.717, 1.165) is 36.5 Å². The third-order valence-electron chi connectivity index (χ3n) is 4.34. The van der Waals surface area contributed by atoms with Gasteiger partial charge in [-0.05, 0) is 49.9 Å². The number of aryl methyl sites for hydroxylation is 1. The number of anilines is 2. The average Bonchev–Trinajstić information content (AvgIpc) is 3.28. The predicted octanol–water partition coefficient (Wildman–Crippen LogP) is 4.59. The van der Waals surface area contributed by atoms with E-state index in [1.165, 1.54) is 11.1 Å². The summed E-state index contributed by atoms with van der Waals surface area (Å²) >= 11 is 0. The predicted molar refractivity (Wildman–Crippen MR) is 93.9 cm³/mol. The SMILES string of the molecule is CC(=N)C1(Nc2cc(C)ccc2NCc2ccccc2)CC1. The first-order valence-electron chi connectivity index (χ1n) is 7.81. The first-order chi connectivity index (χ1) is 10.6. The third kappa shape index (κ3) is 3.14. The first kappa shape index (κ1) is 14.6. The zero-order chi connectivity index (χ0) is 15.6. The Kier molecular flexibility index (Phi) is 3.88. The van der Waals surface area contributed by atoms with Crippen molar-refractivity contribution in [2.75, 3.05) is 10.6 Å². The summed E-state index contributed by atoms with van der Waals surface area (Å²) in [6, 6.07) is 16.8. The molecule has 3 heteroatoms. The average molecular weight is 293 g/mol. The molecule has 0 spiro atoms. The van der Waals surface area contributed by atoms with Crippen LogP contribution in [0.15, 0.2) is 48.5 Å². The second kappa shape index (κ2) is 5.84. The van der Waals surface area contributed by atoms with Crippen molar-refractivity contribution < 1.29 is 0 Å². The minimum Gasteiger partial charge on any atom is -0.379 e. The Bertz CT molecular complexity index is 672. The standard InChI is InChI=1S/C19H23N3/c1-14-8-9-17(21-13-16-6-4-3-5-7-16)18(12-14)22-19(10-11-19)15(2)20/h3-9,12,20-22H,10-11,13H2,1-2H3. The van der Waals surface area contributed by atoms with Gasteiger partial charge in [0.15, 0.2) is 0 Å². The maximum Gasteiger partial charge on any atom is 0.0749 e. The van der Waals surface area contributed by atoms with E-state index < -0.39 is 0 Å². The van der Waals surface area contributed by atoms with Crippen LogP contribution >= 0.6 is 0 Å². The van der Waals surface area contributed by atoms with Crippen LogP contribution in [0.2, 0.25) is 0 Å². The fraction of sp³-hybridized carbons (Fsp3) is 0.316. The fourth-order valence-electron chi connectivity index (χ4n) is 2.69. The third-order valence-corrected chi connectivity index (χ3v) is 4.34. The van der Waals surface area contributed by atoms with E-state index in [0.29, 0.717) is 0 Å².